The highest BCUT2D eigenvalue weighted by Gasteiger charge is 2.61. The van der Waals surface area contributed by atoms with Gasteiger partial charge in [-0.05, 0) is 106 Å². The number of rotatable bonds is 4. The average Bonchev–Trinajstić information content (AvgIpc) is 3.03. The molecule has 1 unspecified atom stereocenters. The zero-order valence-corrected chi connectivity index (χ0v) is 19.2. The van der Waals surface area contributed by atoms with Crippen molar-refractivity contribution in [2.75, 3.05) is 6.54 Å². The number of nitrogens with zero attached hydrogens (tertiary/aromatic N) is 2. The van der Waals surface area contributed by atoms with Gasteiger partial charge in [-0.15, -0.1) is 0 Å². The fourth-order valence-electron chi connectivity index (χ4n) is 8.45. The van der Waals surface area contributed by atoms with Gasteiger partial charge in [-0.3, -0.25) is 10.2 Å². The van der Waals surface area contributed by atoms with Gasteiger partial charge in [0.2, 0.25) is 0 Å². The lowest BCUT2D eigenvalue weighted by Crippen LogP contribution is -2.55. The number of carbonyl (C=O) groups excluding carboxylic acids is 1. The predicted molar refractivity (Wildman–Crippen MR) is 116 cm³/mol. The summed E-state index contributed by atoms with van der Waals surface area (Å²) < 4.78 is 0. The summed E-state index contributed by atoms with van der Waals surface area (Å²) in [6.45, 7) is 8.52. The van der Waals surface area contributed by atoms with Crippen LogP contribution >= 0.6 is 0 Å². The van der Waals surface area contributed by atoms with Crippen LogP contribution in [0, 0.1) is 51.4 Å². The predicted octanol–water partition coefficient (Wildman–Crippen LogP) is 5.21. The first-order valence-electron chi connectivity index (χ1n) is 12.0. The quantitative estimate of drug-likeness (QED) is 0.254. The summed E-state index contributed by atoms with van der Waals surface area (Å²) in [5.41, 5.74) is 7.18. The summed E-state index contributed by atoms with van der Waals surface area (Å²) >= 11 is 0. The highest BCUT2D eigenvalue weighted by atomic mass is 16.3. The average molecular weight is 417 g/mol. The molecule has 4 aliphatic rings. The lowest BCUT2D eigenvalue weighted by molar-refractivity contribution is -0.150. The largest absolute Gasteiger partial charge is 0.390 e. The van der Waals surface area contributed by atoms with E-state index in [0.29, 0.717) is 23.2 Å². The molecule has 0 bridgehead atoms. The van der Waals surface area contributed by atoms with Crippen LogP contribution in [0.15, 0.2) is 5.22 Å². The first-order chi connectivity index (χ1) is 14.0. The zero-order valence-electron chi connectivity index (χ0n) is 19.2. The van der Waals surface area contributed by atoms with E-state index in [-0.39, 0.29) is 29.5 Å². The zero-order chi connectivity index (χ0) is 21.9. The number of amidine groups is 1. The summed E-state index contributed by atoms with van der Waals surface area (Å²) in [5, 5.41) is 23.0. The van der Waals surface area contributed by atoms with Crippen LogP contribution in [-0.2, 0) is 4.79 Å². The Morgan fingerprint density at radius 2 is 1.73 bits per heavy atom. The number of ketones is 1. The summed E-state index contributed by atoms with van der Waals surface area (Å²) in [5.74, 6) is 3.01. The fourth-order valence-corrected chi connectivity index (χ4v) is 8.45. The minimum Gasteiger partial charge on any atom is -0.390 e. The van der Waals surface area contributed by atoms with E-state index in [9.17, 15) is 9.90 Å². The van der Waals surface area contributed by atoms with Crippen LogP contribution in [0.1, 0.15) is 85.5 Å². The molecule has 3 N–H and O–H groups in total. The van der Waals surface area contributed by atoms with Gasteiger partial charge < -0.3 is 5.11 Å². The second-order valence-electron chi connectivity index (χ2n) is 11.7. The summed E-state index contributed by atoms with van der Waals surface area (Å²) in [4.78, 5) is 13.2. The number of aliphatic hydroxyl groups is 1. The topological polar surface area (TPSA) is 101 Å². The molecule has 0 amide bonds. The lowest BCUT2D eigenvalue weighted by atomic mass is 9.44. The highest BCUT2D eigenvalue weighted by molar-refractivity contribution is 5.88. The Balaban J connectivity index is 1.52. The third-order valence-electron chi connectivity index (χ3n) is 10.2. The van der Waals surface area contributed by atoms with Crippen molar-refractivity contribution in [1.82, 2.24) is 5.01 Å². The van der Waals surface area contributed by atoms with Crippen LogP contribution in [0.25, 0.3) is 0 Å². The third-order valence-corrected chi connectivity index (χ3v) is 10.2. The lowest BCUT2D eigenvalue weighted by Gasteiger charge is -2.61. The van der Waals surface area contributed by atoms with Gasteiger partial charge in [-0.1, -0.05) is 19.1 Å². The summed E-state index contributed by atoms with van der Waals surface area (Å²) in [6.07, 6.45) is 9.86. The smallest absolute Gasteiger partial charge is 0.158 e. The summed E-state index contributed by atoms with van der Waals surface area (Å²) in [6, 6.07) is 0. The van der Waals surface area contributed by atoms with Gasteiger partial charge in [0.25, 0.3) is 0 Å². The fraction of sp³-hybridized carbons (Fsp3) is 0.917. The van der Waals surface area contributed by atoms with Crippen molar-refractivity contribution in [2.24, 2.45) is 45.6 Å². The van der Waals surface area contributed by atoms with E-state index in [4.69, 9.17) is 10.9 Å². The maximum atomic E-state index is 13.2. The van der Waals surface area contributed by atoms with Gasteiger partial charge in [0, 0.05) is 5.92 Å². The number of hydrogen-bond acceptors (Lipinski definition) is 5. The first-order valence-corrected chi connectivity index (χ1v) is 12.0. The molecule has 30 heavy (non-hydrogen) atoms. The Morgan fingerprint density at radius 1 is 1.03 bits per heavy atom. The Bertz CT molecular complexity index is 737. The minimum atomic E-state index is -0.493. The molecule has 6 nitrogen and oxygen atoms in total. The number of fused-ring (bicyclic) bond motifs is 5. The van der Waals surface area contributed by atoms with E-state index in [0.717, 1.165) is 44.4 Å². The van der Waals surface area contributed by atoms with Gasteiger partial charge in [0.05, 0.1) is 5.60 Å². The molecular formula is C24H40N4O2. The van der Waals surface area contributed by atoms with Gasteiger partial charge in [-0.25, -0.2) is 5.01 Å². The Labute approximate surface area is 181 Å². The SMILES string of the molecule is CC(=N)N(CC(=O)[C@H]1CC[C@H]2C3CC[C@@H]4C[C@](C)(O)CC[C@]4(C)[C@H]3CC[C@]12C)N=N. The highest BCUT2D eigenvalue weighted by Crippen LogP contribution is 2.68. The Hall–Kier alpha value is -1.30. The van der Waals surface area contributed by atoms with Crippen molar-refractivity contribution in [3.05, 3.63) is 0 Å². The number of Topliss-reactive ketones (excluding diaryl/α,β-unsaturated/α-hetero) is 1. The van der Waals surface area contributed by atoms with Crippen molar-refractivity contribution in [3.63, 3.8) is 0 Å². The molecule has 4 fully saturated rings. The van der Waals surface area contributed by atoms with Crippen LogP contribution in [0.5, 0.6) is 0 Å². The molecule has 0 heterocycles. The van der Waals surface area contributed by atoms with E-state index in [1.165, 1.54) is 24.3 Å². The number of carbonyl (C=O) groups is 1. The van der Waals surface area contributed by atoms with Crippen LogP contribution in [0.2, 0.25) is 0 Å². The van der Waals surface area contributed by atoms with Crippen LogP contribution < -0.4 is 0 Å². The second-order valence-corrected chi connectivity index (χ2v) is 11.7. The molecule has 0 saturated heterocycles. The first kappa shape index (κ1) is 21.9. The molecule has 0 aliphatic heterocycles. The van der Waals surface area contributed by atoms with Crippen LogP contribution in [0.3, 0.4) is 0 Å². The molecule has 0 aromatic heterocycles. The normalized spacial score (nSPS) is 47.6. The molecular weight excluding hydrogens is 376 g/mol. The summed E-state index contributed by atoms with van der Waals surface area (Å²) in [7, 11) is 0. The maximum Gasteiger partial charge on any atom is 0.158 e. The maximum absolute atomic E-state index is 13.2. The molecule has 8 atom stereocenters. The Morgan fingerprint density at radius 3 is 2.40 bits per heavy atom. The van der Waals surface area contributed by atoms with Crippen molar-refractivity contribution in [3.8, 4) is 0 Å². The molecule has 4 aliphatic carbocycles. The van der Waals surface area contributed by atoms with Crippen molar-refractivity contribution >= 4 is 11.6 Å². The van der Waals surface area contributed by atoms with Crippen LogP contribution in [0.4, 0.5) is 0 Å². The van der Waals surface area contributed by atoms with Gasteiger partial charge in [0.15, 0.2) is 5.78 Å². The molecule has 168 valence electrons. The van der Waals surface area contributed by atoms with E-state index in [2.05, 4.69) is 19.1 Å². The molecule has 0 radical (unpaired) electrons. The van der Waals surface area contributed by atoms with E-state index in [1.807, 2.05) is 6.92 Å². The molecule has 4 saturated carbocycles. The number of nitrogens with one attached hydrogen (secondary N) is 2. The molecule has 6 heteroatoms. The Kier molecular flexibility index (Phi) is 5.40. The van der Waals surface area contributed by atoms with Gasteiger partial charge >= 0.3 is 0 Å². The third kappa shape index (κ3) is 3.34. The number of hydrogen-bond donors (Lipinski definition) is 3. The van der Waals surface area contributed by atoms with Crippen molar-refractivity contribution in [1.29, 1.82) is 10.9 Å². The van der Waals surface area contributed by atoms with Crippen molar-refractivity contribution < 1.29 is 9.90 Å². The van der Waals surface area contributed by atoms with E-state index < -0.39 is 5.60 Å². The van der Waals surface area contributed by atoms with Crippen molar-refractivity contribution in [2.45, 2.75) is 91.1 Å². The van der Waals surface area contributed by atoms with Gasteiger partial charge in [-0.2, -0.15) is 5.53 Å². The molecule has 0 aromatic rings. The second kappa shape index (κ2) is 7.39. The molecule has 0 spiro atoms. The molecule has 0 aromatic carbocycles. The standard InChI is InChI=1S/C24H40N4O2/c1-15(25)28(27-26)14-21(29)20-8-7-18-17-6-5-16-13-22(2,30)11-12-23(16,3)19(17)9-10-24(18,20)4/h16-20,25-26,30H,5-14H2,1-4H3/t16-,17?,18+,19+,20-,22-,23+,24+/m1/s1. The van der Waals surface area contributed by atoms with E-state index in [1.54, 1.807) is 6.92 Å². The van der Waals surface area contributed by atoms with Gasteiger partial charge in [0.1, 0.15) is 12.4 Å². The monoisotopic (exact) mass is 416 g/mol. The van der Waals surface area contributed by atoms with E-state index >= 15 is 0 Å². The minimum absolute atomic E-state index is 0.0321. The molecule has 4 rings (SSSR count). The van der Waals surface area contributed by atoms with Crippen LogP contribution in [-0.4, -0.2) is 33.9 Å².